The van der Waals surface area contributed by atoms with Crippen molar-refractivity contribution in [3.05, 3.63) is 48.0 Å². The Morgan fingerprint density at radius 2 is 1.69 bits per heavy atom. The molecule has 4 aliphatic rings. The molecule has 0 radical (unpaired) electrons. The van der Waals surface area contributed by atoms with Crippen molar-refractivity contribution in [1.82, 2.24) is 30.4 Å². The van der Waals surface area contributed by atoms with Gasteiger partial charge in [0.05, 0.1) is 17.6 Å². The molecule has 3 aromatic rings. The topological polar surface area (TPSA) is 178 Å². The molecule has 2 aromatic heterocycles. The SMILES string of the molecule is NC(=O)c1nnc(N2CCCCC2)nc1Nc1ccc(N2CCN(CC3CCN(c4ccc(NC5CCC(=O)NC5=O)nc4)CC3)CC2)c(F)c1. The second-order valence-corrected chi connectivity index (χ2v) is 13.8. The maximum absolute atomic E-state index is 15.5. The first-order valence-electron chi connectivity index (χ1n) is 17.9. The lowest BCUT2D eigenvalue weighted by molar-refractivity contribution is -0.133. The number of nitrogens with one attached hydrogen (secondary N) is 3. The first-order chi connectivity index (χ1) is 24.8. The molecule has 1 unspecified atom stereocenters. The number of primary amides is 1. The van der Waals surface area contributed by atoms with Crippen LogP contribution in [0, 0.1) is 11.7 Å². The number of nitrogens with zero attached hydrogens (tertiary/aromatic N) is 8. The molecule has 270 valence electrons. The number of piperidine rings is 3. The maximum atomic E-state index is 15.5. The minimum absolute atomic E-state index is 0.0886. The summed E-state index contributed by atoms with van der Waals surface area (Å²) >= 11 is 0. The van der Waals surface area contributed by atoms with Gasteiger partial charge >= 0.3 is 0 Å². The molecular weight excluding hydrogens is 655 g/mol. The lowest BCUT2D eigenvalue weighted by atomic mass is 9.95. The summed E-state index contributed by atoms with van der Waals surface area (Å²) in [6, 6.07) is 8.43. The van der Waals surface area contributed by atoms with Crippen molar-refractivity contribution in [1.29, 1.82) is 0 Å². The molecular formula is C35H45FN12O3. The third-order valence-electron chi connectivity index (χ3n) is 10.3. The number of hydrogen-bond donors (Lipinski definition) is 4. The predicted octanol–water partition coefficient (Wildman–Crippen LogP) is 2.49. The molecule has 6 heterocycles. The van der Waals surface area contributed by atoms with Gasteiger partial charge in [0.2, 0.25) is 17.8 Å². The van der Waals surface area contributed by atoms with E-state index in [1.165, 1.54) is 6.07 Å². The Bertz CT molecular complexity index is 1720. The van der Waals surface area contributed by atoms with Crippen molar-refractivity contribution >= 4 is 52.4 Å². The Kier molecular flexibility index (Phi) is 10.4. The number of hydrogen-bond acceptors (Lipinski definition) is 13. The van der Waals surface area contributed by atoms with Gasteiger partial charge in [0.25, 0.3) is 5.91 Å². The highest BCUT2D eigenvalue weighted by Crippen LogP contribution is 2.29. The average Bonchev–Trinajstić information content (AvgIpc) is 3.14. The average molecular weight is 701 g/mol. The van der Waals surface area contributed by atoms with Crippen molar-refractivity contribution in [3.63, 3.8) is 0 Å². The van der Waals surface area contributed by atoms with Gasteiger partial charge in [0, 0.05) is 71.0 Å². The summed E-state index contributed by atoms with van der Waals surface area (Å²) in [6.07, 6.45) is 8.02. The molecule has 5 N–H and O–H groups in total. The Balaban J connectivity index is 0.873. The zero-order valence-corrected chi connectivity index (χ0v) is 28.7. The molecule has 4 saturated heterocycles. The van der Waals surface area contributed by atoms with E-state index in [-0.39, 0.29) is 29.1 Å². The first kappa shape index (κ1) is 34.3. The van der Waals surface area contributed by atoms with Crippen LogP contribution in [-0.4, -0.2) is 108 Å². The lowest BCUT2D eigenvalue weighted by Gasteiger charge is -2.40. The van der Waals surface area contributed by atoms with Gasteiger partial charge in [-0.3, -0.25) is 24.6 Å². The Hall–Kier alpha value is -5.12. The maximum Gasteiger partial charge on any atom is 0.273 e. The van der Waals surface area contributed by atoms with Gasteiger partial charge in [-0.05, 0) is 74.8 Å². The number of piperazine rings is 1. The zero-order valence-electron chi connectivity index (χ0n) is 28.7. The lowest BCUT2D eigenvalue weighted by Crippen LogP contribution is -2.49. The molecule has 1 aromatic carbocycles. The number of nitrogens with two attached hydrogens (primary N) is 1. The van der Waals surface area contributed by atoms with Crippen LogP contribution in [0.15, 0.2) is 36.5 Å². The number of rotatable bonds is 10. The van der Waals surface area contributed by atoms with Crippen LogP contribution < -0.4 is 36.4 Å². The second-order valence-electron chi connectivity index (χ2n) is 13.8. The molecule has 0 bridgehead atoms. The molecule has 0 aliphatic carbocycles. The Morgan fingerprint density at radius 1 is 0.902 bits per heavy atom. The minimum Gasteiger partial charge on any atom is -0.370 e. The molecule has 15 nitrogen and oxygen atoms in total. The largest absolute Gasteiger partial charge is 0.370 e. The highest BCUT2D eigenvalue weighted by molar-refractivity contribution is 6.01. The van der Waals surface area contributed by atoms with E-state index in [2.05, 4.69) is 50.8 Å². The van der Waals surface area contributed by atoms with Crippen LogP contribution in [0.2, 0.25) is 0 Å². The number of benzene rings is 1. The van der Waals surface area contributed by atoms with E-state index in [4.69, 9.17) is 5.73 Å². The van der Waals surface area contributed by atoms with Crippen molar-refractivity contribution in [2.75, 3.05) is 84.2 Å². The highest BCUT2D eigenvalue weighted by atomic mass is 19.1. The number of carbonyl (C=O) groups excluding carboxylic acids is 3. The molecule has 4 fully saturated rings. The Labute approximate surface area is 296 Å². The molecule has 3 amide bonds. The van der Waals surface area contributed by atoms with E-state index in [1.54, 1.807) is 12.1 Å². The van der Waals surface area contributed by atoms with Crippen molar-refractivity contribution in [2.24, 2.45) is 11.7 Å². The number of halogens is 1. The standard InChI is InChI=1S/C35H45FN12O3/c36-26-20-24(39-33-31(32(37)50)43-44-35(42-33)48-12-2-1-3-13-48)4-7-28(26)47-18-16-45(17-19-47)22-23-10-14-46(15-11-23)25-5-8-29(38-21-25)40-27-6-9-30(49)41-34(27)51/h4-5,7-8,20-21,23,27H,1-3,6,9-19,22H2,(H2,37,50)(H,38,40)(H,39,42,44)(H,41,49,51). The van der Waals surface area contributed by atoms with Gasteiger partial charge in [-0.2, -0.15) is 4.98 Å². The van der Waals surface area contributed by atoms with Crippen molar-refractivity contribution in [2.45, 2.75) is 51.0 Å². The smallest absolute Gasteiger partial charge is 0.273 e. The summed E-state index contributed by atoms with van der Waals surface area (Å²) in [5, 5.41) is 16.7. The van der Waals surface area contributed by atoms with Gasteiger partial charge in [-0.1, -0.05) is 0 Å². The fourth-order valence-electron chi connectivity index (χ4n) is 7.35. The summed E-state index contributed by atoms with van der Waals surface area (Å²) in [6.45, 7) is 7.73. The quantitative estimate of drug-likeness (QED) is 0.227. The third-order valence-corrected chi connectivity index (χ3v) is 10.3. The number of pyridine rings is 1. The molecule has 51 heavy (non-hydrogen) atoms. The Morgan fingerprint density at radius 3 is 2.37 bits per heavy atom. The van der Waals surface area contributed by atoms with E-state index < -0.39 is 11.9 Å². The van der Waals surface area contributed by atoms with Gasteiger partial charge in [0.15, 0.2) is 11.5 Å². The summed E-state index contributed by atoms with van der Waals surface area (Å²) < 4.78 is 15.5. The number of aromatic nitrogens is 4. The zero-order chi connectivity index (χ0) is 35.3. The number of anilines is 6. The molecule has 1 atom stereocenters. The number of imide groups is 1. The van der Waals surface area contributed by atoms with Crippen LogP contribution >= 0.6 is 0 Å². The number of amides is 3. The van der Waals surface area contributed by atoms with E-state index in [9.17, 15) is 14.4 Å². The molecule has 7 rings (SSSR count). The van der Waals surface area contributed by atoms with E-state index in [0.29, 0.717) is 41.9 Å². The second kappa shape index (κ2) is 15.4. The van der Waals surface area contributed by atoms with E-state index in [1.807, 2.05) is 23.2 Å². The summed E-state index contributed by atoms with van der Waals surface area (Å²) in [7, 11) is 0. The normalized spacial score (nSPS) is 20.6. The van der Waals surface area contributed by atoms with Gasteiger partial charge in [0.1, 0.15) is 17.7 Å². The summed E-state index contributed by atoms with van der Waals surface area (Å²) in [5.41, 5.74) is 7.51. The predicted molar refractivity (Wildman–Crippen MR) is 192 cm³/mol. The summed E-state index contributed by atoms with van der Waals surface area (Å²) in [5.74, 6) is 0.148. The first-order valence-corrected chi connectivity index (χ1v) is 17.9. The monoisotopic (exact) mass is 700 g/mol. The number of carbonyl (C=O) groups is 3. The van der Waals surface area contributed by atoms with Gasteiger partial charge < -0.3 is 31.1 Å². The third kappa shape index (κ3) is 8.27. The van der Waals surface area contributed by atoms with Gasteiger partial charge in [-0.25, -0.2) is 9.37 Å². The van der Waals surface area contributed by atoms with Crippen molar-refractivity contribution < 1.29 is 18.8 Å². The molecule has 0 spiro atoms. The molecule has 16 heteroatoms. The van der Waals surface area contributed by atoms with Crippen LogP contribution in [-0.2, 0) is 9.59 Å². The fourth-order valence-corrected chi connectivity index (χ4v) is 7.35. The van der Waals surface area contributed by atoms with Crippen LogP contribution in [0.4, 0.5) is 39.0 Å². The van der Waals surface area contributed by atoms with Crippen molar-refractivity contribution in [3.8, 4) is 0 Å². The van der Waals surface area contributed by atoms with Crippen LogP contribution in [0.1, 0.15) is 55.4 Å². The molecule has 0 saturated carbocycles. The summed E-state index contributed by atoms with van der Waals surface area (Å²) in [4.78, 5) is 53.5. The fraction of sp³-hybridized carbons (Fsp3) is 0.514. The molecule has 4 aliphatic heterocycles. The van der Waals surface area contributed by atoms with Crippen LogP contribution in [0.5, 0.6) is 0 Å². The van der Waals surface area contributed by atoms with Gasteiger partial charge in [-0.15, -0.1) is 10.2 Å². The highest BCUT2D eigenvalue weighted by Gasteiger charge is 2.28. The minimum atomic E-state index is -0.756. The van der Waals surface area contributed by atoms with Crippen LogP contribution in [0.3, 0.4) is 0 Å². The van der Waals surface area contributed by atoms with E-state index >= 15 is 4.39 Å². The van der Waals surface area contributed by atoms with E-state index in [0.717, 1.165) is 96.7 Å². The van der Waals surface area contributed by atoms with Crippen LogP contribution in [0.25, 0.3) is 0 Å².